The second kappa shape index (κ2) is 10.9. The molecular weight excluding hydrogens is 228 g/mol. The minimum Gasteiger partial charge on any atom is -0.394 e. The number of rotatable bonds is 12. The largest absolute Gasteiger partial charge is 0.394 e. The molecule has 0 radical (unpaired) electrons. The fourth-order valence-corrected chi connectivity index (χ4v) is 1.57. The van der Waals surface area contributed by atoms with E-state index >= 15 is 0 Å². The maximum Gasteiger partial charge on any atom is 0.0698 e. The quantitative estimate of drug-likeness (QED) is 0.447. The number of aliphatic hydroxyl groups is 2. The van der Waals surface area contributed by atoms with Crippen LogP contribution in [-0.2, 0) is 18.9 Å². The summed E-state index contributed by atoms with van der Waals surface area (Å²) in [5.41, 5.74) is -0.409. The van der Waals surface area contributed by atoms with Crippen molar-refractivity contribution in [2.75, 3.05) is 67.1 Å². The van der Waals surface area contributed by atoms with Gasteiger partial charge in [-0.3, -0.25) is 0 Å². The standard InChI is InChI=1S/C11H24O6/c1-14-7-11(8-15-2,9-16-5-3-12)10-17-6-4-13/h12-13H,3-10H2,1-2H3. The third-order valence-electron chi connectivity index (χ3n) is 2.19. The van der Waals surface area contributed by atoms with Crippen molar-refractivity contribution in [2.45, 2.75) is 0 Å². The Balaban J connectivity index is 4.25. The van der Waals surface area contributed by atoms with Gasteiger partial charge < -0.3 is 29.2 Å². The Morgan fingerprint density at radius 3 is 1.47 bits per heavy atom. The topological polar surface area (TPSA) is 77.4 Å². The zero-order valence-electron chi connectivity index (χ0n) is 10.7. The smallest absolute Gasteiger partial charge is 0.0698 e. The van der Waals surface area contributed by atoms with Crippen LogP contribution in [0.15, 0.2) is 0 Å². The van der Waals surface area contributed by atoms with Crippen molar-refractivity contribution in [2.24, 2.45) is 5.41 Å². The third-order valence-corrected chi connectivity index (χ3v) is 2.19. The first-order valence-electron chi connectivity index (χ1n) is 5.60. The minimum atomic E-state index is -0.409. The summed E-state index contributed by atoms with van der Waals surface area (Å²) in [5, 5.41) is 17.4. The van der Waals surface area contributed by atoms with Gasteiger partial charge in [-0.05, 0) is 0 Å². The van der Waals surface area contributed by atoms with Crippen molar-refractivity contribution in [3.63, 3.8) is 0 Å². The van der Waals surface area contributed by atoms with Gasteiger partial charge >= 0.3 is 0 Å². The summed E-state index contributed by atoms with van der Waals surface area (Å²) in [6, 6.07) is 0. The molecule has 0 aromatic heterocycles. The summed E-state index contributed by atoms with van der Waals surface area (Å²) < 4.78 is 21.0. The molecule has 0 aliphatic carbocycles. The summed E-state index contributed by atoms with van der Waals surface area (Å²) >= 11 is 0. The number of aliphatic hydroxyl groups excluding tert-OH is 2. The van der Waals surface area contributed by atoms with Crippen molar-refractivity contribution in [3.8, 4) is 0 Å². The Hall–Kier alpha value is -0.240. The van der Waals surface area contributed by atoms with Crippen LogP contribution in [-0.4, -0.2) is 77.3 Å². The van der Waals surface area contributed by atoms with Crippen LogP contribution in [0.2, 0.25) is 0 Å². The summed E-state index contributed by atoms with van der Waals surface area (Å²) in [7, 11) is 3.20. The van der Waals surface area contributed by atoms with Gasteiger partial charge in [-0.25, -0.2) is 0 Å². The lowest BCUT2D eigenvalue weighted by atomic mass is 9.92. The van der Waals surface area contributed by atoms with Crippen LogP contribution >= 0.6 is 0 Å². The second-order valence-corrected chi connectivity index (χ2v) is 3.92. The van der Waals surface area contributed by atoms with Gasteiger partial charge in [0.1, 0.15) is 0 Å². The molecular formula is C11H24O6. The molecule has 0 aliphatic heterocycles. The van der Waals surface area contributed by atoms with Crippen LogP contribution in [0, 0.1) is 5.41 Å². The lowest BCUT2D eigenvalue weighted by Crippen LogP contribution is -2.41. The number of hydrogen-bond acceptors (Lipinski definition) is 6. The van der Waals surface area contributed by atoms with Gasteiger partial charge in [-0.15, -0.1) is 0 Å². The molecule has 2 N–H and O–H groups in total. The first-order chi connectivity index (χ1) is 8.24. The van der Waals surface area contributed by atoms with Gasteiger partial charge in [0.15, 0.2) is 0 Å². The van der Waals surface area contributed by atoms with E-state index in [1.54, 1.807) is 14.2 Å². The fraction of sp³-hybridized carbons (Fsp3) is 1.00. The Morgan fingerprint density at radius 2 is 1.18 bits per heavy atom. The van der Waals surface area contributed by atoms with Gasteiger partial charge in [0.2, 0.25) is 0 Å². The van der Waals surface area contributed by atoms with Crippen LogP contribution in [0.25, 0.3) is 0 Å². The molecule has 6 heteroatoms. The Bertz CT molecular complexity index is 146. The first-order valence-corrected chi connectivity index (χ1v) is 5.60. The van der Waals surface area contributed by atoms with E-state index in [1.165, 1.54) is 0 Å². The van der Waals surface area contributed by atoms with Gasteiger partial charge in [-0.2, -0.15) is 0 Å². The Kier molecular flexibility index (Phi) is 10.7. The monoisotopic (exact) mass is 252 g/mol. The molecule has 104 valence electrons. The molecule has 0 amide bonds. The van der Waals surface area contributed by atoms with Crippen molar-refractivity contribution < 1.29 is 29.2 Å². The summed E-state index contributed by atoms with van der Waals surface area (Å²) in [5.74, 6) is 0. The zero-order chi connectivity index (χ0) is 13.0. The number of ether oxygens (including phenoxy) is 4. The minimum absolute atomic E-state index is 0.0203. The molecule has 0 fully saturated rings. The molecule has 0 bridgehead atoms. The Labute approximate surface area is 102 Å². The molecule has 0 atom stereocenters. The lowest BCUT2D eigenvalue weighted by Gasteiger charge is -2.31. The highest BCUT2D eigenvalue weighted by Crippen LogP contribution is 2.19. The van der Waals surface area contributed by atoms with E-state index in [2.05, 4.69) is 0 Å². The summed E-state index contributed by atoms with van der Waals surface area (Å²) in [4.78, 5) is 0. The highest BCUT2D eigenvalue weighted by Gasteiger charge is 2.31. The number of methoxy groups -OCH3 is 2. The van der Waals surface area contributed by atoms with E-state index in [-0.39, 0.29) is 26.4 Å². The van der Waals surface area contributed by atoms with Crippen LogP contribution in [0.3, 0.4) is 0 Å². The molecule has 0 aromatic rings. The van der Waals surface area contributed by atoms with Gasteiger partial charge in [-0.1, -0.05) is 0 Å². The lowest BCUT2D eigenvalue weighted by molar-refractivity contribution is -0.0981. The van der Waals surface area contributed by atoms with Crippen LogP contribution in [0.5, 0.6) is 0 Å². The average molecular weight is 252 g/mol. The van der Waals surface area contributed by atoms with Gasteiger partial charge in [0, 0.05) is 14.2 Å². The maximum atomic E-state index is 8.69. The molecule has 17 heavy (non-hydrogen) atoms. The Morgan fingerprint density at radius 1 is 0.765 bits per heavy atom. The van der Waals surface area contributed by atoms with E-state index in [1.807, 2.05) is 0 Å². The molecule has 0 saturated carbocycles. The predicted molar refractivity (Wildman–Crippen MR) is 62.0 cm³/mol. The maximum absolute atomic E-state index is 8.69. The molecule has 0 aromatic carbocycles. The molecule has 0 rings (SSSR count). The van der Waals surface area contributed by atoms with Crippen molar-refractivity contribution in [1.29, 1.82) is 0 Å². The second-order valence-electron chi connectivity index (χ2n) is 3.92. The number of hydrogen-bond donors (Lipinski definition) is 2. The van der Waals surface area contributed by atoms with Crippen LogP contribution in [0.1, 0.15) is 0 Å². The normalized spacial score (nSPS) is 12.0. The van der Waals surface area contributed by atoms with E-state index in [0.717, 1.165) is 0 Å². The third kappa shape index (κ3) is 7.64. The fourth-order valence-electron chi connectivity index (χ4n) is 1.57. The van der Waals surface area contributed by atoms with Gasteiger partial charge in [0.05, 0.1) is 58.3 Å². The summed E-state index contributed by atoms with van der Waals surface area (Å²) in [6.45, 7) is 2.11. The SMILES string of the molecule is COCC(COC)(COCCO)COCCO. The molecule has 0 saturated heterocycles. The zero-order valence-corrected chi connectivity index (χ0v) is 10.7. The highest BCUT2D eigenvalue weighted by atomic mass is 16.5. The van der Waals surface area contributed by atoms with Crippen LogP contribution in [0.4, 0.5) is 0 Å². The van der Waals surface area contributed by atoms with Crippen molar-refractivity contribution >= 4 is 0 Å². The average Bonchev–Trinajstić information content (AvgIpc) is 2.30. The van der Waals surface area contributed by atoms with Crippen molar-refractivity contribution in [3.05, 3.63) is 0 Å². The molecule has 0 heterocycles. The molecule has 0 unspecified atom stereocenters. The van der Waals surface area contributed by atoms with E-state index < -0.39 is 5.41 Å². The van der Waals surface area contributed by atoms with E-state index in [4.69, 9.17) is 29.2 Å². The molecule has 0 spiro atoms. The first kappa shape index (κ1) is 16.8. The van der Waals surface area contributed by atoms with E-state index in [9.17, 15) is 0 Å². The molecule has 0 aliphatic rings. The van der Waals surface area contributed by atoms with E-state index in [0.29, 0.717) is 26.4 Å². The molecule has 6 nitrogen and oxygen atoms in total. The van der Waals surface area contributed by atoms with Gasteiger partial charge in [0.25, 0.3) is 0 Å². The summed E-state index contributed by atoms with van der Waals surface area (Å²) in [6.07, 6.45) is 0. The van der Waals surface area contributed by atoms with Crippen molar-refractivity contribution in [1.82, 2.24) is 0 Å². The van der Waals surface area contributed by atoms with Crippen LogP contribution < -0.4 is 0 Å². The highest BCUT2D eigenvalue weighted by molar-refractivity contribution is 4.79. The predicted octanol–water partition coefficient (Wildman–Crippen LogP) is -0.717.